The van der Waals surface area contributed by atoms with Gasteiger partial charge in [0.1, 0.15) is 36.3 Å². The first-order valence-electron chi connectivity index (χ1n) is 31.0. The summed E-state index contributed by atoms with van der Waals surface area (Å²) >= 11 is 0. The molecule has 0 radical (unpaired) electrons. The number of nitrogens with one attached hydrogen (secondary N) is 2. The lowest BCUT2D eigenvalue weighted by Gasteiger charge is -2.41. The molecule has 12 atom stereocenters. The highest BCUT2D eigenvalue weighted by Gasteiger charge is 2.45. The zero-order chi connectivity index (χ0) is 66.0. The van der Waals surface area contributed by atoms with E-state index >= 15 is 9.59 Å². The highest BCUT2D eigenvalue weighted by Crippen LogP contribution is 2.28. The fourth-order valence-electron chi connectivity index (χ4n) is 11.2. The van der Waals surface area contributed by atoms with Gasteiger partial charge in [-0.15, -0.1) is 0 Å². The van der Waals surface area contributed by atoms with Gasteiger partial charge in [-0.05, 0) is 93.8 Å². The molecule has 1 aliphatic rings. The summed E-state index contributed by atoms with van der Waals surface area (Å²) < 4.78 is 0. The molecule has 1 aliphatic heterocycles. The van der Waals surface area contributed by atoms with E-state index in [2.05, 4.69) is 10.6 Å². The summed E-state index contributed by atoms with van der Waals surface area (Å²) in [6.07, 6.45) is 2.72. The molecule has 1 heterocycles. The lowest BCUT2D eigenvalue weighted by molar-refractivity contribution is -0.157. The topological polar surface area (TPSA) is 255 Å². The maximum absolute atomic E-state index is 15.1. The van der Waals surface area contributed by atoms with Crippen LogP contribution in [0.2, 0.25) is 0 Å². The van der Waals surface area contributed by atoms with Gasteiger partial charge in [0.2, 0.25) is 53.2 Å². The molecule has 486 valence electrons. The van der Waals surface area contributed by atoms with Crippen molar-refractivity contribution in [2.75, 3.05) is 55.9 Å². The standard InChI is InChI=1S/C64H113N9O12/c1-25-27-28-42(15)56(77)55-58(79)66-46(26-2)61(82)67(18)35-53(76)68(19)47(29-36(3)4)52(75)34-45(40(11)12)60(81)69(20)48(30-37(5)6)51(74)33-43(16)57(78)65-44(17)59(80)70(21)49(31-38(7)8)62(83)71(22)50(32-39(9)10)63(84)72(23)54(41(13)14)64(85)73(55)24/h25,27,36-50,54-56,77H,26,28-35H2,1-24H3,(H,65,78)(H,66,79)/b27-25+/t42-,43-,44+,45-,46+,47-,48-,49-,50-,54-,55+,56-/m1/s1. The summed E-state index contributed by atoms with van der Waals surface area (Å²) in [5.74, 6) is -10.3. The molecule has 0 aliphatic carbocycles. The second-order valence-electron chi connectivity index (χ2n) is 26.7. The Balaban J connectivity index is 4.32. The zero-order valence-corrected chi connectivity index (χ0v) is 56.5. The molecule has 9 amide bonds. The van der Waals surface area contributed by atoms with Gasteiger partial charge in [0, 0.05) is 74.0 Å². The van der Waals surface area contributed by atoms with Crippen LogP contribution >= 0.6 is 0 Å². The third kappa shape index (κ3) is 21.9. The van der Waals surface area contributed by atoms with Crippen molar-refractivity contribution < 1.29 is 57.8 Å². The van der Waals surface area contributed by atoms with Crippen LogP contribution in [0.4, 0.5) is 0 Å². The third-order valence-corrected chi connectivity index (χ3v) is 16.7. The molecule has 3 N–H and O–H groups in total. The number of aliphatic hydroxyl groups is 1. The molecule has 1 rings (SSSR count). The predicted octanol–water partition coefficient (Wildman–Crippen LogP) is 5.45. The number of amides is 9. The Kier molecular flexibility index (Phi) is 32.0. The highest BCUT2D eigenvalue weighted by molar-refractivity contribution is 5.99. The van der Waals surface area contributed by atoms with Crippen LogP contribution in [-0.4, -0.2) is 214 Å². The van der Waals surface area contributed by atoms with E-state index in [9.17, 15) is 48.3 Å². The van der Waals surface area contributed by atoms with Gasteiger partial charge in [-0.1, -0.05) is 116 Å². The Bertz CT molecular complexity index is 2320. The number of hydrogen-bond acceptors (Lipinski definition) is 12. The van der Waals surface area contributed by atoms with Crippen LogP contribution in [0.1, 0.15) is 169 Å². The van der Waals surface area contributed by atoms with E-state index in [4.69, 9.17) is 0 Å². The van der Waals surface area contributed by atoms with E-state index in [0.29, 0.717) is 6.42 Å². The summed E-state index contributed by atoms with van der Waals surface area (Å²) in [5, 5.41) is 17.6. The predicted molar refractivity (Wildman–Crippen MR) is 331 cm³/mol. The highest BCUT2D eigenvalue weighted by atomic mass is 16.3. The molecule has 1 saturated heterocycles. The first kappa shape index (κ1) is 77.3. The number of Topliss-reactive ketones (excluding diaryl/α,β-unsaturated/α-hetero) is 2. The van der Waals surface area contributed by atoms with Crippen LogP contribution in [0.25, 0.3) is 0 Å². The molecule has 0 unspecified atom stereocenters. The lowest BCUT2D eigenvalue weighted by Crippen LogP contribution is -2.63. The fraction of sp³-hybridized carbons (Fsp3) is 0.797. The summed E-state index contributed by atoms with van der Waals surface area (Å²) in [7, 11) is 10.1. The SMILES string of the molecule is C/C=C/C[C@@H](C)[C@@H](O)[C@H]1C(=O)N[C@@H](CC)C(=O)N(C)CC(=O)N(C)[C@H](CC(C)C)C(=O)C[C@H](C(C)C)C(=O)N(C)[C@H](CC(C)C)C(=O)C[C@@H](C)C(=O)N[C@@H](C)C(=O)N(C)[C@H](CC(C)C)C(=O)N(C)[C@H](CC(C)C)C(=O)N(C)[C@H](C(C)C)C(=O)N1C. The minimum Gasteiger partial charge on any atom is -0.390 e. The number of allylic oxidation sites excluding steroid dienone is 2. The summed E-state index contributed by atoms with van der Waals surface area (Å²) in [5.41, 5.74) is 0. The fourth-order valence-corrected chi connectivity index (χ4v) is 11.2. The maximum Gasteiger partial charge on any atom is 0.246 e. The molecule has 21 heteroatoms. The molecule has 0 aromatic heterocycles. The van der Waals surface area contributed by atoms with Gasteiger partial charge in [-0.2, -0.15) is 0 Å². The number of carbonyl (C=O) groups is 11. The van der Waals surface area contributed by atoms with Gasteiger partial charge in [0.15, 0.2) is 11.6 Å². The van der Waals surface area contributed by atoms with Crippen molar-refractivity contribution in [3.8, 4) is 0 Å². The van der Waals surface area contributed by atoms with Crippen LogP contribution in [0.3, 0.4) is 0 Å². The average Bonchev–Trinajstić information content (AvgIpc) is 3.62. The Labute approximate surface area is 510 Å². The molecular weight excluding hydrogens is 1090 g/mol. The van der Waals surface area contributed by atoms with E-state index in [-0.39, 0.29) is 74.5 Å². The molecule has 21 nitrogen and oxygen atoms in total. The molecule has 0 saturated carbocycles. The Morgan fingerprint density at radius 1 is 0.494 bits per heavy atom. The second-order valence-corrected chi connectivity index (χ2v) is 26.7. The number of nitrogens with zero attached hydrogens (tertiary/aromatic N) is 7. The van der Waals surface area contributed by atoms with E-state index < -0.39 is 149 Å². The number of hydrogen-bond donors (Lipinski definition) is 3. The van der Waals surface area contributed by atoms with E-state index in [1.54, 1.807) is 61.5 Å². The summed E-state index contributed by atoms with van der Waals surface area (Å²) in [6.45, 7) is 29.9. The number of carbonyl (C=O) groups excluding carboxylic acids is 11. The van der Waals surface area contributed by atoms with Crippen LogP contribution in [0, 0.1) is 53.3 Å². The quantitative estimate of drug-likeness (QED) is 0.173. The van der Waals surface area contributed by atoms with E-state index in [1.807, 2.05) is 61.5 Å². The average molecular weight is 1200 g/mol. The van der Waals surface area contributed by atoms with Crippen molar-refractivity contribution in [1.29, 1.82) is 0 Å². The van der Waals surface area contributed by atoms with E-state index in [1.165, 1.54) is 80.8 Å². The van der Waals surface area contributed by atoms with E-state index in [0.717, 1.165) is 9.80 Å². The van der Waals surface area contributed by atoms with Crippen LogP contribution in [0.5, 0.6) is 0 Å². The van der Waals surface area contributed by atoms with Gasteiger partial charge in [0.25, 0.3) is 0 Å². The van der Waals surface area contributed by atoms with Crippen molar-refractivity contribution >= 4 is 64.7 Å². The van der Waals surface area contributed by atoms with Crippen LogP contribution < -0.4 is 10.6 Å². The lowest BCUT2D eigenvalue weighted by atomic mass is 9.84. The van der Waals surface area contributed by atoms with Gasteiger partial charge >= 0.3 is 0 Å². The molecule has 85 heavy (non-hydrogen) atoms. The number of aliphatic hydroxyl groups excluding tert-OH is 1. The Morgan fingerprint density at radius 3 is 1.36 bits per heavy atom. The molecule has 0 spiro atoms. The van der Waals surface area contributed by atoms with Gasteiger partial charge in [-0.25, -0.2) is 0 Å². The van der Waals surface area contributed by atoms with Crippen molar-refractivity contribution in [2.45, 2.75) is 224 Å². The monoisotopic (exact) mass is 1200 g/mol. The second kappa shape index (κ2) is 35.2. The minimum absolute atomic E-state index is 0.0368. The molecule has 1 fully saturated rings. The van der Waals surface area contributed by atoms with Crippen molar-refractivity contribution in [2.24, 2.45) is 53.3 Å². The van der Waals surface area contributed by atoms with Gasteiger partial charge < -0.3 is 50.0 Å². The zero-order valence-electron chi connectivity index (χ0n) is 56.5. The number of ketones is 2. The summed E-state index contributed by atoms with van der Waals surface area (Å²) in [4.78, 5) is 169. The van der Waals surface area contributed by atoms with Crippen LogP contribution in [-0.2, 0) is 52.7 Å². The van der Waals surface area contributed by atoms with Crippen molar-refractivity contribution in [1.82, 2.24) is 44.9 Å². The number of likely N-dealkylation sites (N-methyl/N-ethyl adjacent to an activating group) is 7. The molecule has 0 bridgehead atoms. The van der Waals surface area contributed by atoms with Crippen LogP contribution in [0.15, 0.2) is 12.2 Å². The molecule has 0 aromatic rings. The summed E-state index contributed by atoms with van der Waals surface area (Å²) in [6, 6.07) is -9.52. The first-order chi connectivity index (χ1) is 39.2. The van der Waals surface area contributed by atoms with Crippen molar-refractivity contribution in [3.05, 3.63) is 12.2 Å². The Hall–Kier alpha value is -5.73. The first-order valence-corrected chi connectivity index (χ1v) is 31.0. The normalized spacial score (nSPS) is 27.1. The molecule has 0 aromatic carbocycles. The smallest absolute Gasteiger partial charge is 0.246 e. The van der Waals surface area contributed by atoms with Crippen molar-refractivity contribution in [3.63, 3.8) is 0 Å². The number of rotatable bonds is 15. The van der Waals surface area contributed by atoms with Gasteiger partial charge in [0.05, 0.1) is 24.7 Å². The largest absolute Gasteiger partial charge is 0.390 e. The third-order valence-electron chi connectivity index (χ3n) is 16.7. The maximum atomic E-state index is 15.1. The Morgan fingerprint density at radius 2 is 0.918 bits per heavy atom. The molecular formula is C64H113N9O12. The van der Waals surface area contributed by atoms with Gasteiger partial charge in [-0.3, -0.25) is 52.7 Å². The minimum atomic E-state index is -1.60.